The fourth-order valence-corrected chi connectivity index (χ4v) is 8.33. The highest BCUT2D eigenvalue weighted by atomic mass is 35.5. The molecule has 3 saturated carbocycles. The van der Waals surface area contributed by atoms with Crippen LogP contribution in [0.4, 0.5) is 18.9 Å². The molecule has 2 aromatic rings. The zero-order valence-corrected chi connectivity index (χ0v) is 22.0. The first-order valence-electron chi connectivity index (χ1n) is 11.2. The average Bonchev–Trinajstić information content (AvgIpc) is 2.81. The molecular formula is C23H24ClF3N2O6S2. The molecule has 2 aromatic carbocycles. The topological polar surface area (TPSA) is 130 Å². The highest BCUT2D eigenvalue weighted by molar-refractivity contribution is 7.92. The van der Waals surface area contributed by atoms with Gasteiger partial charge in [0.05, 0.1) is 27.0 Å². The largest absolute Gasteiger partial charge is 0.388 e. The van der Waals surface area contributed by atoms with Crippen LogP contribution in [0.2, 0.25) is 5.02 Å². The van der Waals surface area contributed by atoms with Gasteiger partial charge < -0.3 is 10.4 Å². The van der Waals surface area contributed by atoms with Gasteiger partial charge in [-0.1, -0.05) is 18.5 Å². The zero-order valence-electron chi connectivity index (χ0n) is 19.6. The van der Waals surface area contributed by atoms with Crippen LogP contribution in [0, 0.1) is 35.2 Å². The molecule has 2 unspecified atom stereocenters. The van der Waals surface area contributed by atoms with Crippen molar-refractivity contribution in [1.29, 1.82) is 0 Å². The van der Waals surface area contributed by atoms with Gasteiger partial charge in [-0.15, -0.1) is 0 Å². The smallest absolute Gasteiger partial charge is 0.255 e. The van der Waals surface area contributed by atoms with Crippen molar-refractivity contribution in [2.75, 3.05) is 18.1 Å². The Morgan fingerprint density at radius 2 is 1.65 bits per heavy atom. The van der Waals surface area contributed by atoms with Gasteiger partial charge in [-0.05, 0) is 48.8 Å². The molecule has 37 heavy (non-hydrogen) atoms. The molecule has 3 fully saturated rings. The lowest BCUT2D eigenvalue weighted by molar-refractivity contribution is -0.211. The molecule has 0 radical (unpaired) electrons. The average molecular weight is 581 g/mol. The van der Waals surface area contributed by atoms with Crippen LogP contribution in [-0.2, 0) is 19.9 Å². The number of benzene rings is 2. The minimum absolute atomic E-state index is 0.0260. The molecule has 1 amide bonds. The number of rotatable bonds is 7. The molecule has 2 atom stereocenters. The summed E-state index contributed by atoms with van der Waals surface area (Å²) in [6, 6.07) is 4.64. The van der Waals surface area contributed by atoms with E-state index in [1.165, 1.54) is 12.1 Å². The van der Waals surface area contributed by atoms with Crippen LogP contribution in [0.1, 0.15) is 30.1 Å². The van der Waals surface area contributed by atoms with Gasteiger partial charge in [-0.25, -0.2) is 34.7 Å². The third kappa shape index (κ3) is 5.11. The summed E-state index contributed by atoms with van der Waals surface area (Å²) in [7, 11) is -7.65. The van der Waals surface area contributed by atoms with Crippen LogP contribution in [0.3, 0.4) is 0 Å². The van der Waals surface area contributed by atoms with Crippen LogP contribution < -0.4 is 10.0 Å². The van der Waals surface area contributed by atoms with Crippen molar-refractivity contribution in [3.8, 4) is 0 Å². The number of sulfonamides is 1. The number of hydrogen-bond acceptors (Lipinski definition) is 6. The van der Waals surface area contributed by atoms with Crippen molar-refractivity contribution >= 4 is 43.1 Å². The van der Waals surface area contributed by atoms with Gasteiger partial charge in [0.2, 0.25) is 10.0 Å². The number of fused-ring (bicyclic) bond motifs is 2. The first-order valence-corrected chi connectivity index (χ1v) is 15.0. The summed E-state index contributed by atoms with van der Waals surface area (Å²) in [4.78, 5) is 12.3. The molecule has 3 aliphatic rings. The number of sulfone groups is 1. The summed E-state index contributed by atoms with van der Waals surface area (Å²) in [6.07, 6.45) is 1.08. The molecule has 14 heteroatoms. The molecule has 202 valence electrons. The second kappa shape index (κ2) is 9.53. The Bertz CT molecular complexity index is 1450. The third-order valence-corrected chi connectivity index (χ3v) is 10.7. The number of anilines is 1. The van der Waals surface area contributed by atoms with Crippen LogP contribution >= 0.6 is 11.6 Å². The maximum atomic E-state index is 13.5. The number of hydrogen-bond donors (Lipinski definition) is 3. The second-order valence-electron chi connectivity index (χ2n) is 9.65. The summed E-state index contributed by atoms with van der Waals surface area (Å²) in [5, 5.41) is 12.2. The van der Waals surface area contributed by atoms with E-state index < -0.39 is 65.9 Å². The highest BCUT2D eigenvalue weighted by Gasteiger charge is 2.64. The molecule has 0 aliphatic heterocycles. The molecule has 2 bridgehead atoms. The molecule has 3 N–H and O–H groups in total. The van der Waals surface area contributed by atoms with Gasteiger partial charge in [-0.2, -0.15) is 0 Å². The second-order valence-corrected chi connectivity index (χ2v) is 14.1. The lowest BCUT2D eigenvalue weighted by Gasteiger charge is -2.62. The predicted octanol–water partition coefficient (Wildman–Crippen LogP) is 3.11. The molecule has 8 nitrogen and oxygen atoms in total. The van der Waals surface area contributed by atoms with E-state index in [9.17, 15) is 39.9 Å². The summed E-state index contributed by atoms with van der Waals surface area (Å²) < 4.78 is 92.5. The first-order chi connectivity index (χ1) is 17.0. The van der Waals surface area contributed by atoms with Gasteiger partial charge in [-0.3, -0.25) is 4.79 Å². The lowest BCUT2D eigenvalue weighted by Crippen LogP contribution is -2.70. The molecule has 0 saturated heterocycles. The molecule has 5 rings (SSSR count). The summed E-state index contributed by atoms with van der Waals surface area (Å²) in [5.74, 6) is -6.60. The minimum Gasteiger partial charge on any atom is -0.388 e. The maximum absolute atomic E-state index is 13.5. The van der Waals surface area contributed by atoms with E-state index >= 15 is 0 Å². The van der Waals surface area contributed by atoms with E-state index in [0.29, 0.717) is 12.1 Å². The lowest BCUT2D eigenvalue weighted by atomic mass is 9.48. The van der Waals surface area contributed by atoms with Crippen LogP contribution in [0.25, 0.3) is 0 Å². The Morgan fingerprint density at radius 1 is 1.08 bits per heavy atom. The maximum Gasteiger partial charge on any atom is 0.255 e. The van der Waals surface area contributed by atoms with Crippen molar-refractivity contribution in [3.63, 3.8) is 0 Å². The number of halogens is 4. The van der Waals surface area contributed by atoms with E-state index in [0.717, 1.165) is 12.3 Å². The Labute approximate surface area is 217 Å². The van der Waals surface area contributed by atoms with Gasteiger partial charge in [0.1, 0.15) is 0 Å². The Balaban J connectivity index is 1.56. The van der Waals surface area contributed by atoms with Crippen molar-refractivity contribution in [3.05, 3.63) is 58.4 Å². The number of carbonyl (C=O) groups excluding carboxylic acids is 1. The highest BCUT2D eigenvalue weighted by Crippen LogP contribution is 2.59. The molecule has 0 spiro atoms. The Morgan fingerprint density at radius 3 is 2.19 bits per heavy atom. The zero-order chi connectivity index (χ0) is 27.5. The van der Waals surface area contributed by atoms with Crippen molar-refractivity contribution in [2.45, 2.75) is 35.5 Å². The van der Waals surface area contributed by atoms with Gasteiger partial charge in [0.25, 0.3) is 5.91 Å². The summed E-state index contributed by atoms with van der Waals surface area (Å²) in [5.41, 5.74) is -1.92. The molecule has 3 aliphatic carbocycles. The van der Waals surface area contributed by atoms with Crippen molar-refractivity contribution in [2.24, 2.45) is 17.8 Å². The molecular weight excluding hydrogens is 557 g/mol. The molecule has 0 heterocycles. The van der Waals surface area contributed by atoms with Gasteiger partial charge >= 0.3 is 0 Å². The Kier molecular flexibility index (Phi) is 7.17. The minimum atomic E-state index is -4.09. The predicted molar refractivity (Wildman–Crippen MR) is 130 cm³/mol. The third-order valence-electron chi connectivity index (χ3n) is 7.39. The monoisotopic (exact) mass is 580 g/mol. The van der Waals surface area contributed by atoms with E-state index in [1.807, 2.05) is 6.92 Å². The van der Waals surface area contributed by atoms with E-state index in [1.54, 1.807) is 0 Å². The van der Waals surface area contributed by atoms with Gasteiger partial charge in [0.15, 0.2) is 27.3 Å². The fourth-order valence-electron chi connectivity index (χ4n) is 5.48. The Hall–Kier alpha value is -2.19. The van der Waals surface area contributed by atoms with Gasteiger partial charge in [0, 0.05) is 29.9 Å². The summed E-state index contributed by atoms with van der Waals surface area (Å²) in [6.45, 7) is 1.64. The van der Waals surface area contributed by atoms with E-state index in [-0.39, 0.29) is 46.5 Å². The van der Waals surface area contributed by atoms with Crippen LogP contribution in [-0.4, -0.2) is 51.5 Å². The van der Waals surface area contributed by atoms with E-state index in [4.69, 9.17) is 11.6 Å². The van der Waals surface area contributed by atoms with Crippen molar-refractivity contribution < 1.29 is 39.9 Å². The number of nitrogens with one attached hydrogen (secondary N) is 2. The summed E-state index contributed by atoms with van der Waals surface area (Å²) >= 11 is 6.18. The SMILES string of the molecule is CS(=O)(=O)NC[C@]1(O)C2CC(S(=O)(=O)c3cc(C(=O)Nc4cc(F)c(F)c(F)c4)ccc3Cl)CC1[C@H]2C. The number of amides is 1. The van der Waals surface area contributed by atoms with E-state index in [2.05, 4.69) is 10.0 Å². The standard InChI is InChI=1S/C23H24ClF3N2O6S2/c1-11-15-8-14(9-16(11)23(15,31)10-28-36(2,32)33)37(34,35)20-5-12(3-4-17(20)24)22(30)29-13-6-18(25)21(27)19(26)7-13/h3-7,11,14-16,28,31H,8-10H2,1-2H3,(H,29,30)/t11-,14?,15?,16?,23-. The van der Waals surface area contributed by atoms with Crippen LogP contribution in [0.5, 0.6) is 0 Å². The molecule has 0 aromatic heterocycles. The quantitative estimate of drug-likeness (QED) is 0.432. The number of carbonyl (C=O) groups is 1. The first kappa shape index (κ1) is 27.8. The number of aliphatic hydroxyl groups is 1. The normalized spacial score (nSPS) is 27.4. The van der Waals surface area contributed by atoms with Crippen LogP contribution in [0.15, 0.2) is 35.2 Å². The fraction of sp³-hybridized carbons (Fsp3) is 0.435. The van der Waals surface area contributed by atoms with Crippen molar-refractivity contribution in [1.82, 2.24) is 4.72 Å².